The summed E-state index contributed by atoms with van der Waals surface area (Å²) in [5.74, 6) is 1.09. The van der Waals surface area contributed by atoms with Crippen molar-refractivity contribution in [2.75, 3.05) is 13.2 Å². The Hall–Kier alpha value is -1.02. The Morgan fingerprint density at radius 1 is 1.36 bits per heavy atom. The SMILES string of the molecule is c1cc2c(cc1C1CCCN1)CCO2. The molecule has 2 aliphatic heterocycles. The third-order valence-corrected chi connectivity index (χ3v) is 3.18. The number of fused-ring (bicyclic) bond motifs is 1. The molecular weight excluding hydrogens is 174 g/mol. The van der Waals surface area contributed by atoms with Crippen molar-refractivity contribution in [3.05, 3.63) is 29.3 Å². The van der Waals surface area contributed by atoms with E-state index in [9.17, 15) is 0 Å². The van der Waals surface area contributed by atoms with Crippen LogP contribution in [-0.2, 0) is 6.42 Å². The number of hydrogen-bond acceptors (Lipinski definition) is 2. The van der Waals surface area contributed by atoms with Crippen LogP contribution in [0.4, 0.5) is 0 Å². The van der Waals surface area contributed by atoms with Crippen LogP contribution in [0.1, 0.15) is 30.0 Å². The molecule has 0 amide bonds. The van der Waals surface area contributed by atoms with Crippen LogP contribution < -0.4 is 10.1 Å². The van der Waals surface area contributed by atoms with Gasteiger partial charge in [-0.3, -0.25) is 0 Å². The molecule has 1 fully saturated rings. The summed E-state index contributed by atoms with van der Waals surface area (Å²) in [5.41, 5.74) is 2.82. The summed E-state index contributed by atoms with van der Waals surface area (Å²) in [6.45, 7) is 2.02. The third-order valence-electron chi connectivity index (χ3n) is 3.18. The lowest BCUT2D eigenvalue weighted by molar-refractivity contribution is 0.357. The Bertz CT molecular complexity index is 342. The van der Waals surface area contributed by atoms with Crippen LogP contribution in [0.2, 0.25) is 0 Å². The first kappa shape index (κ1) is 8.30. The van der Waals surface area contributed by atoms with E-state index in [1.165, 1.54) is 24.0 Å². The Labute approximate surface area is 84.3 Å². The Morgan fingerprint density at radius 2 is 2.36 bits per heavy atom. The summed E-state index contributed by atoms with van der Waals surface area (Å²) in [6, 6.07) is 7.22. The molecule has 2 nitrogen and oxygen atoms in total. The van der Waals surface area contributed by atoms with Gasteiger partial charge in [-0.2, -0.15) is 0 Å². The van der Waals surface area contributed by atoms with Gasteiger partial charge in [-0.25, -0.2) is 0 Å². The van der Waals surface area contributed by atoms with Gasteiger partial charge >= 0.3 is 0 Å². The predicted octanol–water partition coefficient (Wildman–Crippen LogP) is 2.05. The molecule has 1 aromatic rings. The Kier molecular flexibility index (Phi) is 1.95. The second-order valence-electron chi connectivity index (χ2n) is 4.11. The van der Waals surface area contributed by atoms with Gasteiger partial charge in [-0.15, -0.1) is 0 Å². The van der Waals surface area contributed by atoms with E-state index < -0.39 is 0 Å². The van der Waals surface area contributed by atoms with Gasteiger partial charge in [0.05, 0.1) is 6.61 Å². The lowest BCUT2D eigenvalue weighted by atomic mass is 10.0. The maximum atomic E-state index is 5.50. The molecule has 74 valence electrons. The highest BCUT2D eigenvalue weighted by atomic mass is 16.5. The van der Waals surface area contributed by atoms with Gasteiger partial charge in [0, 0.05) is 12.5 Å². The van der Waals surface area contributed by atoms with Gasteiger partial charge in [-0.1, -0.05) is 12.1 Å². The van der Waals surface area contributed by atoms with Crippen LogP contribution in [0.25, 0.3) is 0 Å². The summed E-state index contributed by atoms with van der Waals surface area (Å²) in [6.07, 6.45) is 3.66. The predicted molar refractivity (Wildman–Crippen MR) is 55.6 cm³/mol. The number of nitrogens with one attached hydrogen (secondary N) is 1. The maximum absolute atomic E-state index is 5.50. The fraction of sp³-hybridized carbons (Fsp3) is 0.500. The van der Waals surface area contributed by atoms with Crippen LogP contribution in [0.15, 0.2) is 18.2 Å². The van der Waals surface area contributed by atoms with Crippen LogP contribution >= 0.6 is 0 Å². The van der Waals surface area contributed by atoms with Gasteiger partial charge < -0.3 is 10.1 Å². The molecule has 14 heavy (non-hydrogen) atoms. The van der Waals surface area contributed by atoms with Crippen molar-refractivity contribution in [3.8, 4) is 5.75 Å². The molecule has 1 saturated heterocycles. The average Bonchev–Trinajstić information content (AvgIpc) is 2.88. The maximum Gasteiger partial charge on any atom is 0.122 e. The third kappa shape index (κ3) is 1.30. The summed E-state index contributed by atoms with van der Waals surface area (Å²) in [4.78, 5) is 0. The normalized spacial score (nSPS) is 24.7. The van der Waals surface area contributed by atoms with E-state index in [0.29, 0.717) is 6.04 Å². The summed E-state index contributed by atoms with van der Waals surface area (Å²) in [5, 5.41) is 3.52. The largest absolute Gasteiger partial charge is 0.493 e. The zero-order chi connectivity index (χ0) is 9.38. The van der Waals surface area contributed by atoms with E-state index in [2.05, 4.69) is 23.5 Å². The van der Waals surface area contributed by atoms with Gasteiger partial charge in [0.1, 0.15) is 5.75 Å². The highest BCUT2D eigenvalue weighted by molar-refractivity contribution is 5.40. The number of ether oxygens (including phenoxy) is 1. The molecule has 0 aliphatic carbocycles. The van der Waals surface area contributed by atoms with Gasteiger partial charge in [-0.05, 0) is 36.6 Å². The van der Waals surface area contributed by atoms with E-state index in [1.54, 1.807) is 0 Å². The number of benzene rings is 1. The summed E-state index contributed by atoms with van der Waals surface area (Å²) in [7, 11) is 0. The summed E-state index contributed by atoms with van der Waals surface area (Å²) >= 11 is 0. The smallest absolute Gasteiger partial charge is 0.122 e. The Balaban J connectivity index is 1.91. The molecule has 1 unspecified atom stereocenters. The van der Waals surface area contributed by atoms with Crippen molar-refractivity contribution in [1.82, 2.24) is 5.32 Å². The fourth-order valence-corrected chi connectivity index (χ4v) is 2.39. The zero-order valence-corrected chi connectivity index (χ0v) is 8.25. The second kappa shape index (κ2) is 3.28. The molecule has 0 aromatic heterocycles. The minimum atomic E-state index is 0.584. The van der Waals surface area contributed by atoms with Gasteiger partial charge in [0.15, 0.2) is 0 Å². The minimum Gasteiger partial charge on any atom is -0.493 e. The van der Waals surface area contributed by atoms with Crippen molar-refractivity contribution in [1.29, 1.82) is 0 Å². The van der Waals surface area contributed by atoms with Crippen molar-refractivity contribution < 1.29 is 4.74 Å². The molecule has 0 bridgehead atoms. The van der Waals surface area contributed by atoms with E-state index in [4.69, 9.17) is 4.74 Å². The first-order valence-electron chi connectivity index (χ1n) is 5.42. The molecule has 0 saturated carbocycles. The first-order chi connectivity index (χ1) is 6.93. The van der Waals surface area contributed by atoms with Gasteiger partial charge in [0.2, 0.25) is 0 Å². The molecule has 2 heteroatoms. The van der Waals surface area contributed by atoms with E-state index >= 15 is 0 Å². The molecular formula is C12H15NO. The minimum absolute atomic E-state index is 0.584. The molecule has 1 N–H and O–H groups in total. The van der Waals surface area contributed by atoms with Crippen molar-refractivity contribution in [2.24, 2.45) is 0 Å². The average molecular weight is 189 g/mol. The van der Waals surface area contributed by atoms with Crippen LogP contribution in [0.3, 0.4) is 0 Å². The lowest BCUT2D eigenvalue weighted by Crippen LogP contribution is -2.12. The fourth-order valence-electron chi connectivity index (χ4n) is 2.39. The van der Waals surface area contributed by atoms with Crippen molar-refractivity contribution >= 4 is 0 Å². The molecule has 0 radical (unpaired) electrons. The topological polar surface area (TPSA) is 21.3 Å². The van der Waals surface area contributed by atoms with Crippen LogP contribution in [-0.4, -0.2) is 13.2 Å². The molecule has 2 heterocycles. The highest BCUT2D eigenvalue weighted by Crippen LogP contribution is 2.30. The van der Waals surface area contributed by atoms with Crippen molar-refractivity contribution in [3.63, 3.8) is 0 Å². The zero-order valence-electron chi connectivity index (χ0n) is 8.25. The number of hydrogen-bond donors (Lipinski definition) is 1. The summed E-state index contributed by atoms with van der Waals surface area (Å²) < 4.78 is 5.50. The lowest BCUT2D eigenvalue weighted by Gasteiger charge is -2.11. The van der Waals surface area contributed by atoms with E-state index in [1.807, 2.05) is 0 Å². The number of rotatable bonds is 1. The van der Waals surface area contributed by atoms with Crippen LogP contribution in [0.5, 0.6) is 5.75 Å². The quantitative estimate of drug-likeness (QED) is 0.730. The molecule has 0 spiro atoms. The van der Waals surface area contributed by atoms with Gasteiger partial charge in [0.25, 0.3) is 0 Å². The van der Waals surface area contributed by atoms with E-state index in [0.717, 1.165) is 25.3 Å². The molecule has 2 aliphatic rings. The standard InChI is InChI=1S/C12H15NO/c1-2-11(13-6-1)9-3-4-12-10(8-9)5-7-14-12/h3-4,8,11,13H,1-2,5-7H2. The molecule has 3 rings (SSSR count). The van der Waals surface area contributed by atoms with Crippen LogP contribution in [0, 0.1) is 0 Å². The van der Waals surface area contributed by atoms with Crippen molar-refractivity contribution in [2.45, 2.75) is 25.3 Å². The highest BCUT2D eigenvalue weighted by Gasteiger charge is 2.19. The Morgan fingerprint density at radius 3 is 3.21 bits per heavy atom. The monoisotopic (exact) mass is 189 g/mol. The second-order valence-corrected chi connectivity index (χ2v) is 4.11. The molecule has 1 atom stereocenters. The van der Waals surface area contributed by atoms with E-state index in [-0.39, 0.29) is 0 Å². The molecule has 1 aromatic carbocycles. The first-order valence-corrected chi connectivity index (χ1v) is 5.42.